The lowest BCUT2D eigenvalue weighted by molar-refractivity contribution is -0.132. The first-order valence-corrected chi connectivity index (χ1v) is 10.1. The highest BCUT2D eigenvalue weighted by atomic mass is 19.1. The average Bonchev–Trinajstić information content (AvgIpc) is 3.34. The van der Waals surface area contributed by atoms with Crippen molar-refractivity contribution in [1.29, 1.82) is 0 Å². The molecule has 2 heterocycles. The Labute approximate surface area is 168 Å². The molecule has 1 saturated heterocycles. The normalized spacial score (nSPS) is 23.5. The van der Waals surface area contributed by atoms with Gasteiger partial charge in [-0.15, -0.1) is 10.2 Å². The number of amides is 2. The van der Waals surface area contributed by atoms with Crippen LogP contribution >= 0.6 is 0 Å². The van der Waals surface area contributed by atoms with Gasteiger partial charge in [-0.05, 0) is 60.6 Å². The van der Waals surface area contributed by atoms with E-state index in [2.05, 4.69) is 20.7 Å². The van der Waals surface area contributed by atoms with E-state index in [1.165, 1.54) is 16.9 Å². The number of fused-ring (bicyclic) bond motifs is 1. The summed E-state index contributed by atoms with van der Waals surface area (Å²) in [5.74, 6) is 1.23. The second-order valence-corrected chi connectivity index (χ2v) is 7.98. The van der Waals surface area contributed by atoms with E-state index in [1.807, 2.05) is 11.9 Å². The Balaban J connectivity index is 1.25. The molecular weight excluding hydrogens is 375 g/mol. The van der Waals surface area contributed by atoms with Crippen LogP contribution in [0.2, 0.25) is 0 Å². The van der Waals surface area contributed by atoms with Crippen LogP contribution in [-0.2, 0) is 16.1 Å². The molecule has 1 N–H and O–H groups in total. The fourth-order valence-electron chi connectivity index (χ4n) is 4.36. The zero-order valence-corrected chi connectivity index (χ0v) is 16.4. The fourth-order valence-corrected chi connectivity index (χ4v) is 4.36. The Bertz CT molecular complexity index is 883. The first-order chi connectivity index (χ1) is 14.0. The number of tetrazole rings is 1. The van der Waals surface area contributed by atoms with Crippen LogP contribution in [0.25, 0.3) is 11.4 Å². The topological polar surface area (TPSA) is 93.0 Å². The van der Waals surface area contributed by atoms with Gasteiger partial charge in [-0.2, -0.15) is 4.80 Å². The number of hydrogen-bond acceptors (Lipinski definition) is 5. The lowest BCUT2D eigenvalue weighted by atomic mass is 9.89. The number of hydrogen-bond donors (Lipinski definition) is 1. The van der Waals surface area contributed by atoms with Crippen molar-refractivity contribution in [3.8, 4) is 11.4 Å². The van der Waals surface area contributed by atoms with Gasteiger partial charge in [-0.1, -0.05) is 0 Å². The van der Waals surface area contributed by atoms with Crippen LogP contribution in [0, 0.1) is 17.7 Å². The van der Waals surface area contributed by atoms with Gasteiger partial charge in [-0.25, -0.2) is 4.39 Å². The summed E-state index contributed by atoms with van der Waals surface area (Å²) in [4.78, 5) is 27.5. The quantitative estimate of drug-likeness (QED) is 0.796. The van der Waals surface area contributed by atoms with Crippen LogP contribution < -0.4 is 5.32 Å². The molecule has 0 spiro atoms. The Kier molecular flexibility index (Phi) is 5.55. The number of aromatic nitrogens is 4. The molecule has 3 atom stereocenters. The van der Waals surface area contributed by atoms with Crippen molar-refractivity contribution >= 4 is 11.8 Å². The molecule has 2 aromatic rings. The molecule has 2 fully saturated rings. The Morgan fingerprint density at radius 2 is 2.03 bits per heavy atom. The summed E-state index contributed by atoms with van der Waals surface area (Å²) in [6.45, 7) is 1.22. The van der Waals surface area contributed by atoms with E-state index < -0.39 is 0 Å². The van der Waals surface area contributed by atoms with Gasteiger partial charge in [0.05, 0.1) is 6.54 Å². The molecule has 0 radical (unpaired) electrons. The van der Waals surface area contributed by atoms with E-state index in [9.17, 15) is 14.0 Å². The number of aryl methyl sites for hydroxylation is 1. The smallest absolute Gasteiger partial charge is 0.222 e. The van der Waals surface area contributed by atoms with Gasteiger partial charge in [0.1, 0.15) is 5.82 Å². The number of halogens is 1. The zero-order chi connectivity index (χ0) is 20.4. The first kappa shape index (κ1) is 19.5. The highest BCUT2D eigenvalue weighted by molar-refractivity contribution is 5.77. The third kappa shape index (κ3) is 4.44. The highest BCUT2D eigenvalue weighted by Gasteiger charge is 2.40. The van der Waals surface area contributed by atoms with Crippen molar-refractivity contribution in [3.63, 3.8) is 0 Å². The van der Waals surface area contributed by atoms with Crippen LogP contribution in [0.5, 0.6) is 0 Å². The van der Waals surface area contributed by atoms with Crippen LogP contribution in [0.1, 0.15) is 32.1 Å². The summed E-state index contributed by atoms with van der Waals surface area (Å²) in [5, 5.41) is 15.2. The summed E-state index contributed by atoms with van der Waals surface area (Å²) in [6, 6.07) is 6.14. The molecule has 0 bridgehead atoms. The first-order valence-electron chi connectivity index (χ1n) is 10.1. The van der Waals surface area contributed by atoms with Crippen molar-refractivity contribution in [2.24, 2.45) is 11.8 Å². The molecule has 4 rings (SSSR count). The number of benzene rings is 1. The number of nitrogens with zero attached hydrogens (tertiary/aromatic N) is 5. The van der Waals surface area contributed by atoms with Gasteiger partial charge in [0.25, 0.3) is 0 Å². The highest BCUT2D eigenvalue weighted by Crippen LogP contribution is 2.38. The van der Waals surface area contributed by atoms with Crippen LogP contribution in [0.3, 0.4) is 0 Å². The summed E-state index contributed by atoms with van der Waals surface area (Å²) < 4.78 is 13.0. The monoisotopic (exact) mass is 400 g/mol. The molecule has 1 aliphatic heterocycles. The SMILES string of the molecule is CN(C(=O)CCCn1nnc(-c2ccc(F)cc2)n1)[C@H]1C[C@H]2CC(=O)NC[C@H]2C1. The Morgan fingerprint density at radius 3 is 2.83 bits per heavy atom. The predicted octanol–water partition coefficient (Wildman–Crippen LogP) is 1.63. The van der Waals surface area contributed by atoms with Crippen LogP contribution in [0.15, 0.2) is 24.3 Å². The maximum Gasteiger partial charge on any atom is 0.222 e. The second kappa shape index (κ2) is 8.26. The number of carbonyl (C=O) groups is 2. The lowest BCUT2D eigenvalue weighted by Crippen LogP contribution is -2.38. The van der Waals surface area contributed by atoms with Gasteiger partial charge in [0.15, 0.2) is 0 Å². The summed E-state index contributed by atoms with van der Waals surface area (Å²) in [7, 11) is 1.86. The van der Waals surface area contributed by atoms with E-state index in [0.717, 1.165) is 19.4 Å². The molecule has 8 nitrogen and oxygen atoms in total. The van der Waals surface area contributed by atoms with Crippen LogP contribution in [-0.4, -0.2) is 56.6 Å². The van der Waals surface area contributed by atoms with Crippen molar-refractivity contribution in [2.75, 3.05) is 13.6 Å². The van der Waals surface area contributed by atoms with Gasteiger partial charge in [0, 0.05) is 38.0 Å². The largest absolute Gasteiger partial charge is 0.356 e. The zero-order valence-electron chi connectivity index (χ0n) is 16.4. The van der Waals surface area contributed by atoms with Crippen molar-refractivity contribution < 1.29 is 14.0 Å². The molecular formula is C20H25FN6O2. The Morgan fingerprint density at radius 1 is 1.28 bits per heavy atom. The number of carbonyl (C=O) groups excluding carboxylic acids is 2. The van der Waals surface area contributed by atoms with Gasteiger partial charge in [0.2, 0.25) is 17.6 Å². The average molecular weight is 400 g/mol. The fraction of sp³-hybridized carbons (Fsp3) is 0.550. The molecule has 2 amide bonds. The lowest BCUT2D eigenvalue weighted by Gasteiger charge is -2.24. The standard InChI is InChI=1S/C20H25FN6O2/c1-26(17-9-14-11-18(28)22-12-15(14)10-17)19(29)3-2-8-27-24-20(23-25-27)13-4-6-16(21)7-5-13/h4-7,14-15,17H,2-3,8-12H2,1H3,(H,22,28)/t14-,15+,17-/m0/s1. The molecule has 29 heavy (non-hydrogen) atoms. The van der Waals surface area contributed by atoms with Gasteiger partial charge >= 0.3 is 0 Å². The number of rotatable bonds is 6. The predicted molar refractivity (Wildman–Crippen MR) is 103 cm³/mol. The summed E-state index contributed by atoms with van der Waals surface area (Å²) in [6.07, 6.45) is 3.47. The van der Waals surface area contributed by atoms with Crippen molar-refractivity contribution in [3.05, 3.63) is 30.1 Å². The maximum atomic E-state index is 13.0. The van der Waals surface area contributed by atoms with Crippen molar-refractivity contribution in [2.45, 2.75) is 44.7 Å². The molecule has 9 heteroatoms. The minimum absolute atomic E-state index is 0.104. The second-order valence-electron chi connectivity index (χ2n) is 7.98. The van der Waals surface area contributed by atoms with E-state index in [4.69, 9.17) is 0 Å². The number of nitrogens with one attached hydrogen (secondary N) is 1. The molecule has 1 saturated carbocycles. The minimum Gasteiger partial charge on any atom is -0.356 e. The summed E-state index contributed by atoms with van der Waals surface area (Å²) in [5.41, 5.74) is 0.698. The number of piperidine rings is 1. The molecule has 0 unspecified atom stereocenters. The van der Waals surface area contributed by atoms with Gasteiger partial charge in [-0.3, -0.25) is 9.59 Å². The molecule has 1 aromatic carbocycles. The molecule has 2 aliphatic rings. The van der Waals surface area contributed by atoms with E-state index in [1.54, 1.807) is 12.1 Å². The van der Waals surface area contributed by atoms with E-state index in [-0.39, 0.29) is 23.7 Å². The van der Waals surface area contributed by atoms with E-state index in [0.29, 0.717) is 49.0 Å². The molecule has 1 aliphatic carbocycles. The Hall–Kier alpha value is -2.84. The molecule has 1 aromatic heterocycles. The third-order valence-electron chi connectivity index (χ3n) is 6.07. The van der Waals surface area contributed by atoms with Crippen molar-refractivity contribution in [1.82, 2.24) is 30.4 Å². The summed E-state index contributed by atoms with van der Waals surface area (Å²) >= 11 is 0. The van der Waals surface area contributed by atoms with E-state index >= 15 is 0 Å². The van der Waals surface area contributed by atoms with Gasteiger partial charge < -0.3 is 10.2 Å². The minimum atomic E-state index is -0.312. The third-order valence-corrected chi connectivity index (χ3v) is 6.07. The van der Waals surface area contributed by atoms with Crippen LogP contribution in [0.4, 0.5) is 4.39 Å². The maximum absolute atomic E-state index is 13.0. The molecule has 154 valence electrons.